The van der Waals surface area contributed by atoms with Gasteiger partial charge in [-0.25, -0.2) is 0 Å². The minimum atomic E-state index is -0.923. The summed E-state index contributed by atoms with van der Waals surface area (Å²) in [4.78, 5) is 16.0. The maximum atomic E-state index is 12.0. The monoisotopic (exact) mass is 250 g/mol. The second kappa shape index (κ2) is 6.15. The summed E-state index contributed by atoms with van der Waals surface area (Å²) >= 11 is 0. The van der Waals surface area contributed by atoms with Crippen LogP contribution in [0, 0.1) is 23.7 Å². The van der Waals surface area contributed by atoms with Crippen LogP contribution in [0.15, 0.2) is 4.52 Å². The molecule has 0 aliphatic heterocycles. The standard InChI is InChI=1S/C12H18N4O2/c1-4-12(5-2,8-13)11(17)14-7-6-10-15-9(3)18-16-10/h4-7H2,1-3H3,(H,14,17). The van der Waals surface area contributed by atoms with Gasteiger partial charge in [0.25, 0.3) is 0 Å². The summed E-state index contributed by atoms with van der Waals surface area (Å²) in [6.45, 7) is 5.80. The van der Waals surface area contributed by atoms with Crippen molar-refractivity contribution < 1.29 is 9.32 Å². The third-order valence-electron chi connectivity index (χ3n) is 3.06. The first-order valence-corrected chi connectivity index (χ1v) is 6.06. The normalized spacial score (nSPS) is 11.0. The Labute approximate surface area is 106 Å². The maximum absolute atomic E-state index is 12.0. The number of hydrogen-bond donors (Lipinski definition) is 1. The van der Waals surface area contributed by atoms with Gasteiger partial charge in [0, 0.05) is 19.9 Å². The molecule has 0 saturated carbocycles. The molecule has 1 heterocycles. The summed E-state index contributed by atoms with van der Waals surface area (Å²) in [7, 11) is 0. The van der Waals surface area contributed by atoms with Gasteiger partial charge in [0.15, 0.2) is 5.82 Å². The van der Waals surface area contributed by atoms with Gasteiger partial charge in [-0.1, -0.05) is 19.0 Å². The molecule has 98 valence electrons. The molecule has 1 rings (SSSR count). The zero-order chi connectivity index (χ0) is 13.6. The lowest BCUT2D eigenvalue weighted by molar-refractivity contribution is -0.128. The van der Waals surface area contributed by atoms with E-state index in [4.69, 9.17) is 9.78 Å². The van der Waals surface area contributed by atoms with E-state index in [1.807, 2.05) is 13.8 Å². The SMILES string of the molecule is CCC(C#N)(CC)C(=O)NCCc1noc(C)n1. The number of nitrogens with one attached hydrogen (secondary N) is 1. The van der Waals surface area contributed by atoms with E-state index in [2.05, 4.69) is 21.5 Å². The largest absolute Gasteiger partial charge is 0.354 e. The molecule has 1 aromatic heterocycles. The highest BCUT2D eigenvalue weighted by Crippen LogP contribution is 2.25. The van der Waals surface area contributed by atoms with Crippen molar-refractivity contribution in [2.75, 3.05) is 6.54 Å². The highest BCUT2D eigenvalue weighted by molar-refractivity contribution is 5.85. The second-order valence-electron chi connectivity index (χ2n) is 4.14. The number of carbonyl (C=O) groups excluding carboxylic acids is 1. The van der Waals surface area contributed by atoms with E-state index < -0.39 is 5.41 Å². The van der Waals surface area contributed by atoms with Crippen molar-refractivity contribution in [3.8, 4) is 6.07 Å². The van der Waals surface area contributed by atoms with E-state index >= 15 is 0 Å². The second-order valence-corrected chi connectivity index (χ2v) is 4.14. The summed E-state index contributed by atoms with van der Waals surface area (Å²) in [5, 5.41) is 15.6. The Bertz CT molecular complexity index is 443. The van der Waals surface area contributed by atoms with E-state index in [1.54, 1.807) is 6.92 Å². The summed E-state index contributed by atoms with van der Waals surface area (Å²) in [6.07, 6.45) is 1.51. The molecule has 1 amide bonds. The van der Waals surface area contributed by atoms with Crippen molar-refractivity contribution in [3.05, 3.63) is 11.7 Å². The molecule has 0 unspecified atom stereocenters. The number of hydrogen-bond acceptors (Lipinski definition) is 5. The van der Waals surface area contributed by atoms with E-state index in [9.17, 15) is 4.79 Å². The first-order chi connectivity index (χ1) is 8.57. The molecule has 18 heavy (non-hydrogen) atoms. The topological polar surface area (TPSA) is 91.8 Å². The summed E-state index contributed by atoms with van der Waals surface area (Å²) in [6, 6.07) is 2.11. The van der Waals surface area contributed by atoms with E-state index in [0.717, 1.165) is 0 Å². The zero-order valence-electron chi connectivity index (χ0n) is 11.0. The third kappa shape index (κ3) is 3.06. The maximum Gasteiger partial charge on any atom is 0.240 e. The van der Waals surface area contributed by atoms with Gasteiger partial charge < -0.3 is 9.84 Å². The Morgan fingerprint density at radius 2 is 2.17 bits per heavy atom. The third-order valence-corrected chi connectivity index (χ3v) is 3.06. The van der Waals surface area contributed by atoms with Crippen LogP contribution in [0.2, 0.25) is 0 Å². The van der Waals surface area contributed by atoms with Crippen molar-refractivity contribution in [3.63, 3.8) is 0 Å². The Balaban J connectivity index is 2.48. The average Bonchev–Trinajstić information content (AvgIpc) is 2.78. The molecule has 0 spiro atoms. The summed E-state index contributed by atoms with van der Waals surface area (Å²) in [5.41, 5.74) is -0.923. The molecular weight excluding hydrogens is 232 g/mol. The number of amides is 1. The molecule has 6 nitrogen and oxygen atoms in total. The lowest BCUT2D eigenvalue weighted by Gasteiger charge is -2.21. The van der Waals surface area contributed by atoms with Crippen LogP contribution in [0.25, 0.3) is 0 Å². The van der Waals surface area contributed by atoms with Gasteiger partial charge in [-0.2, -0.15) is 10.2 Å². The Morgan fingerprint density at radius 3 is 2.61 bits per heavy atom. The van der Waals surface area contributed by atoms with Gasteiger partial charge in [-0.05, 0) is 12.8 Å². The lowest BCUT2D eigenvalue weighted by atomic mass is 9.83. The molecular formula is C12H18N4O2. The van der Waals surface area contributed by atoms with E-state index in [1.165, 1.54) is 0 Å². The van der Waals surface area contributed by atoms with Crippen LogP contribution in [0.4, 0.5) is 0 Å². The number of nitriles is 1. The van der Waals surface area contributed by atoms with Crippen LogP contribution in [-0.4, -0.2) is 22.6 Å². The van der Waals surface area contributed by atoms with Gasteiger partial charge in [-0.3, -0.25) is 4.79 Å². The average molecular weight is 250 g/mol. The van der Waals surface area contributed by atoms with Crippen LogP contribution in [0.1, 0.15) is 38.4 Å². The minimum Gasteiger partial charge on any atom is -0.354 e. The first kappa shape index (κ1) is 14.2. The molecule has 0 saturated heterocycles. The highest BCUT2D eigenvalue weighted by atomic mass is 16.5. The minimum absolute atomic E-state index is 0.227. The van der Waals surface area contributed by atoms with Gasteiger partial charge in [-0.15, -0.1) is 0 Å². The lowest BCUT2D eigenvalue weighted by Crippen LogP contribution is -2.40. The predicted octanol–water partition coefficient (Wildman–Crippen LogP) is 1.37. The molecule has 0 aliphatic rings. The zero-order valence-corrected chi connectivity index (χ0v) is 11.0. The van der Waals surface area contributed by atoms with Crippen LogP contribution in [0.3, 0.4) is 0 Å². The number of rotatable bonds is 6. The number of aromatic nitrogens is 2. The first-order valence-electron chi connectivity index (χ1n) is 6.06. The van der Waals surface area contributed by atoms with Gasteiger partial charge in [0.1, 0.15) is 5.41 Å². The van der Waals surface area contributed by atoms with Crippen molar-refractivity contribution in [1.29, 1.82) is 5.26 Å². The van der Waals surface area contributed by atoms with Crippen LogP contribution < -0.4 is 5.32 Å². The van der Waals surface area contributed by atoms with Crippen molar-refractivity contribution in [2.24, 2.45) is 5.41 Å². The molecule has 1 aromatic rings. The Hall–Kier alpha value is -1.90. The van der Waals surface area contributed by atoms with Crippen molar-refractivity contribution >= 4 is 5.91 Å². The van der Waals surface area contributed by atoms with Gasteiger partial charge >= 0.3 is 0 Å². The predicted molar refractivity (Wildman–Crippen MR) is 64.4 cm³/mol. The van der Waals surface area contributed by atoms with E-state index in [-0.39, 0.29) is 5.91 Å². The Kier molecular flexibility index (Phi) is 4.84. The molecule has 0 aliphatic carbocycles. The molecule has 0 aromatic carbocycles. The van der Waals surface area contributed by atoms with Gasteiger partial charge in [0.05, 0.1) is 6.07 Å². The van der Waals surface area contributed by atoms with Gasteiger partial charge in [0.2, 0.25) is 11.8 Å². The number of nitrogens with zero attached hydrogens (tertiary/aromatic N) is 3. The van der Waals surface area contributed by atoms with Crippen LogP contribution in [-0.2, 0) is 11.2 Å². The molecule has 1 N–H and O–H groups in total. The highest BCUT2D eigenvalue weighted by Gasteiger charge is 2.34. The van der Waals surface area contributed by atoms with Crippen LogP contribution >= 0.6 is 0 Å². The van der Waals surface area contributed by atoms with Crippen molar-refractivity contribution in [1.82, 2.24) is 15.5 Å². The van der Waals surface area contributed by atoms with Crippen molar-refractivity contribution in [2.45, 2.75) is 40.0 Å². The van der Waals surface area contributed by atoms with Crippen LogP contribution in [0.5, 0.6) is 0 Å². The van der Waals surface area contributed by atoms with E-state index in [0.29, 0.717) is 37.5 Å². The smallest absolute Gasteiger partial charge is 0.240 e. The summed E-state index contributed by atoms with van der Waals surface area (Å²) < 4.78 is 4.83. The quantitative estimate of drug-likeness (QED) is 0.823. The fourth-order valence-electron chi connectivity index (χ4n) is 1.68. The summed E-state index contributed by atoms with van der Waals surface area (Å²) in [5.74, 6) is 0.836. The number of carbonyl (C=O) groups is 1. The molecule has 0 radical (unpaired) electrons. The molecule has 6 heteroatoms. The molecule has 0 atom stereocenters. The number of aryl methyl sites for hydroxylation is 1. The molecule has 0 fully saturated rings. The fourth-order valence-corrected chi connectivity index (χ4v) is 1.68. The Morgan fingerprint density at radius 1 is 1.50 bits per heavy atom. The molecule has 0 bridgehead atoms. The fraction of sp³-hybridized carbons (Fsp3) is 0.667.